The first kappa shape index (κ1) is 13.9. The summed E-state index contributed by atoms with van der Waals surface area (Å²) in [6, 6.07) is 5.52. The number of hydrogen-bond donors (Lipinski definition) is 2. The summed E-state index contributed by atoms with van der Waals surface area (Å²) in [6.45, 7) is 1.92. The number of amides is 1. The molecule has 1 aliphatic rings. The van der Waals surface area contributed by atoms with Gasteiger partial charge in [0.25, 0.3) is 0 Å². The van der Waals surface area contributed by atoms with Crippen LogP contribution in [0.5, 0.6) is 0 Å². The topological polar surface area (TPSA) is 68.0 Å². The number of aromatic nitrogens is 1. The number of carbonyl (C=O) groups excluding carboxylic acids is 1. The molecule has 0 aliphatic heterocycles. The van der Waals surface area contributed by atoms with Crippen molar-refractivity contribution in [3.05, 3.63) is 30.1 Å². The zero-order valence-electron chi connectivity index (χ0n) is 11.1. The van der Waals surface area contributed by atoms with Crippen LogP contribution in [0.1, 0.15) is 44.3 Å². The van der Waals surface area contributed by atoms with E-state index in [1.165, 1.54) is 0 Å². The van der Waals surface area contributed by atoms with Gasteiger partial charge in [-0.2, -0.15) is 0 Å². The number of nitrogens with two attached hydrogens (primary N) is 1. The molecule has 0 radical (unpaired) electrons. The van der Waals surface area contributed by atoms with Crippen molar-refractivity contribution in [1.29, 1.82) is 0 Å². The highest BCUT2D eigenvalue weighted by molar-refractivity contribution is 7.80. The number of nitrogens with one attached hydrogen (secondary N) is 1. The highest BCUT2D eigenvalue weighted by atomic mass is 32.1. The monoisotopic (exact) mass is 277 g/mol. The van der Waals surface area contributed by atoms with E-state index < -0.39 is 5.41 Å². The van der Waals surface area contributed by atoms with Gasteiger partial charge in [-0.25, -0.2) is 0 Å². The summed E-state index contributed by atoms with van der Waals surface area (Å²) in [5.41, 5.74) is 5.99. The molecular formula is C14H19N3OS. The van der Waals surface area contributed by atoms with Crippen LogP contribution in [0.3, 0.4) is 0 Å². The van der Waals surface area contributed by atoms with Gasteiger partial charge in [-0.1, -0.05) is 31.1 Å². The van der Waals surface area contributed by atoms with E-state index in [1.807, 2.05) is 25.1 Å². The van der Waals surface area contributed by atoms with Crippen molar-refractivity contribution < 1.29 is 4.79 Å². The van der Waals surface area contributed by atoms with Gasteiger partial charge < -0.3 is 11.1 Å². The van der Waals surface area contributed by atoms with Gasteiger partial charge in [0.05, 0.1) is 22.1 Å². The molecule has 0 saturated heterocycles. The fraction of sp³-hybridized carbons (Fsp3) is 0.500. The number of thiocarbonyl (C=S) groups is 1. The molecule has 0 aromatic carbocycles. The third-order valence-electron chi connectivity index (χ3n) is 3.84. The van der Waals surface area contributed by atoms with Gasteiger partial charge in [0, 0.05) is 6.20 Å². The van der Waals surface area contributed by atoms with Crippen molar-refractivity contribution >= 4 is 23.1 Å². The number of hydrogen-bond acceptors (Lipinski definition) is 3. The van der Waals surface area contributed by atoms with E-state index in [9.17, 15) is 4.79 Å². The lowest BCUT2D eigenvalue weighted by atomic mass is 9.84. The van der Waals surface area contributed by atoms with E-state index in [1.54, 1.807) is 6.20 Å². The van der Waals surface area contributed by atoms with E-state index in [4.69, 9.17) is 18.0 Å². The van der Waals surface area contributed by atoms with Crippen LogP contribution in [0, 0.1) is 5.41 Å². The largest absolute Gasteiger partial charge is 0.392 e. The van der Waals surface area contributed by atoms with Gasteiger partial charge in [0.2, 0.25) is 5.91 Å². The molecule has 1 heterocycles. The van der Waals surface area contributed by atoms with Crippen LogP contribution < -0.4 is 11.1 Å². The van der Waals surface area contributed by atoms with Crippen molar-refractivity contribution in [2.24, 2.45) is 11.1 Å². The molecule has 2 rings (SSSR count). The SMILES string of the molecule is CC(NC(=O)C1(C(N)=S)CCCC1)c1ccccn1. The van der Waals surface area contributed by atoms with Gasteiger partial charge in [0.15, 0.2) is 0 Å². The maximum Gasteiger partial charge on any atom is 0.233 e. The first-order valence-corrected chi connectivity index (χ1v) is 6.99. The first-order chi connectivity index (χ1) is 9.06. The molecule has 1 aliphatic carbocycles. The number of carbonyl (C=O) groups is 1. The Kier molecular flexibility index (Phi) is 4.14. The molecule has 3 N–H and O–H groups in total. The molecule has 1 amide bonds. The second-order valence-corrected chi connectivity index (χ2v) is 5.54. The Morgan fingerprint density at radius 1 is 1.47 bits per heavy atom. The number of rotatable bonds is 4. The Balaban J connectivity index is 2.10. The molecule has 1 atom stereocenters. The van der Waals surface area contributed by atoms with Crippen LogP contribution in [-0.2, 0) is 4.79 Å². The van der Waals surface area contributed by atoms with Crippen molar-refractivity contribution in [1.82, 2.24) is 10.3 Å². The van der Waals surface area contributed by atoms with Crippen LogP contribution in [0.15, 0.2) is 24.4 Å². The second-order valence-electron chi connectivity index (χ2n) is 5.10. The molecule has 5 heteroatoms. The predicted octanol–water partition coefficient (Wildman–Crippen LogP) is 2.11. The average molecular weight is 277 g/mol. The third-order valence-corrected chi connectivity index (χ3v) is 4.23. The molecule has 1 fully saturated rings. The molecule has 1 saturated carbocycles. The fourth-order valence-electron chi connectivity index (χ4n) is 2.60. The molecular weight excluding hydrogens is 258 g/mol. The summed E-state index contributed by atoms with van der Waals surface area (Å²) in [5.74, 6) is -0.0596. The van der Waals surface area contributed by atoms with Crippen LogP contribution in [-0.4, -0.2) is 15.9 Å². The molecule has 0 bridgehead atoms. The second kappa shape index (κ2) is 5.65. The minimum absolute atomic E-state index is 0.0596. The Bertz CT molecular complexity index is 469. The summed E-state index contributed by atoms with van der Waals surface area (Å²) >= 11 is 5.11. The first-order valence-electron chi connectivity index (χ1n) is 6.58. The van der Waals surface area contributed by atoms with E-state index in [-0.39, 0.29) is 11.9 Å². The van der Waals surface area contributed by atoms with Gasteiger partial charge in [-0.3, -0.25) is 9.78 Å². The maximum absolute atomic E-state index is 12.5. The molecule has 1 unspecified atom stereocenters. The number of pyridine rings is 1. The van der Waals surface area contributed by atoms with E-state index in [2.05, 4.69) is 10.3 Å². The fourth-order valence-corrected chi connectivity index (χ4v) is 2.90. The Labute approximate surface area is 118 Å². The van der Waals surface area contributed by atoms with Crippen LogP contribution in [0.25, 0.3) is 0 Å². The average Bonchev–Trinajstić information content (AvgIpc) is 2.90. The summed E-state index contributed by atoms with van der Waals surface area (Å²) in [4.78, 5) is 17.0. The standard InChI is InChI=1S/C14H19N3OS/c1-10(11-6-2-5-9-16-11)17-13(18)14(12(15)19)7-3-4-8-14/h2,5-6,9-10H,3-4,7-8H2,1H3,(H2,15,19)(H,17,18). The van der Waals surface area contributed by atoms with E-state index >= 15 is 0 Å². The predicted molar refractivity (Wildman–Crippen MR) is 78.5 cm³/mol. The maximum atomic E-state index is 12.5. The zero-order chi connectivity index (χ0) is 13.9. The van der Waals surface area contributed by atoms with Crippen molar-refractivity contribution in [3.63, 3.8) is 0 Å². The van der Waals surface area contributed by atoms with E-state index in [0.29, 0.717) is 4.99 Å². The molecule has 4 nitrogen and oxygen atoms in total. The number of nitrogens with zero attached hydrogens (tertiary/aromatic N) is 1. The lowest BCUT2D eigenvalue weighted by Gasteiger charge is -2.28. The lowest BCUT2D eigenvalue weighted by molar-refractivity contribution is -0.128. The van der Waals surface area contributed by atoms with Crippen LogP contribution >= 0.6 is 12.2 Å². The third kappa shape index (κ3) is 2.76. The minimum atomic E-state index is -0.654. The Morgan fingerprint density at radius 2 is 2.16 bits per heavy atom. The molecule has 1 aromatic heterocycles. The van der Waals surface area contributed by atoms with Gasteiger partial charge in [-0.15, -0.1) is 0 Å². The van der Waals surface area contributed by atoms with Crippen molar-refractivity contribution in [3.8, 4) is 0 Å². The van der Waals surface area contributed by atoms with Crippen molar-refractivity contribution in [2.45, 2.75) is 38.6 Å². The van der Waals surface area contributed by atoms with Crippen molar-refractivity contribution in [2.75, 3.05) is 0 Å². The summed E-state index contributed by atoms with van der Waals surface area (Å²) < 4.78 is 0. The smallest absolute Gasteiger partial charge is 0.233 e. The molecule has 1 aromatic rings. The molecule has 19 heavy (non-hydrogen) atoms. The highest BCUT2D eigenvalue weighted by Crippen LogP contribution is 2.39. The van der Waals surface area contributed by atoms with Crippen LogP contribution in [0.2, 0.25) is 0 Å². The minimum Gasteiger partial charge on any atom is -0.392 e. The molecule has 0 spiro atoms. The summed E-state index contributed by atoms with van der Waals surface area (Å²) in [6.07, 6.45) is 5.23. The summed E-state index contributed by atoms with van der Waals surface area (Å²) in [7, 11) is 0. The van der Waals surface area contributed by atoms with E-state index in [0.717, 1.165) is 31.4 Å². The van der Waals surface area contributed by atoms with Gasteiger partial charge >= 0.3 is 0 Å². The Morgan fingerprint density at radius 3 is 2.68 bits per heavy atom. The van der Waals surface area contributed by atoms with Crippen LogP contribution in [0.4, 0.5) is 0 Å². The quantitative estimate of drug-likeness (QED) is 0.827. The zero-order valence-corrected chi connectivity index (χ0v) is 11.9. The Hall–Kier alpha value is -1.49. The van der Waals surface area contributed by atoms with Gasteiger partial charge in [0.1, 0.15) is 0 Å². The lowest BCUT2D eigenvalue weighted by Crippen LogP contribution is -2.47. The molecule has 102 valence electrons. The normalized spacial score (nSPS) is 18.8. The summed E-state index contributed by atoms with van der Waals surface area (Å²) in [5, 5.41) is 2.99. The van der Waals surface area contributed by atoms with Gasteiger partial charge in [-0.05, 0) is 31.9 Å². The highest BCUT2D eigenvalue weighted by Gasteiger charge is 2.44.